The van der Waals surface area contributed by atoms with Crippen LogP contribution in [0, 0.1) is 18.3 Å². The Kier molecular flexibility index (Phi) is 3.74. The number of amides is 3. The first-order valence-electron chi connectivity index (χ1n) is 8.64. The number of nitriles is 1. The van der Waals surface area contributed by atoms with E-state index < -0.39 is 11.6 Å². The van der Waals surface area contributed by atoms with Gasteiger partial charge in [-0.25, -0.2) is 4.79 Å². The Morgan fingerprint density at radius 2 is 1.89 bits per heavy atom. The number of nitrogens with zero attached hydrogens (tertiary/aromatic N) is 3. The van der Waals surface area contributed by atoms with E-state index in [4.69, 9.17) is 0 Å². The number of urea groups is 1. The number of fused-ring (bicyclic) bond motifs is 1. The van der Waals surface area contributed by atoms with Crippen LogP contribution in [0.15, 0.2) is 54.9 Å². The number of aromatic nitrogens is 1. The van der Waals surface area contributed by atoms with Gasteiger partial charge in [0, 0.05) is 18.0 Å². The van der Waals surface area contributed by atoms with Crippen molar-refractivity contribution in [2.24, 2.45) is 0 Å². The Labute approximate surface area is 156 Å². The van der Waals surface area contributed by atoms with E-state index in [0.29, 0.717) is 11.1 Å². The standard InChI is InChI=1S/C21H18N4O2/c1-14-6-8-16(9-7-14)21(2)19(26)25(20(27)23-21)13-15-12-24-10-4-3-5-18(24)17(15)11-22/h3-10,12H,13H2,1-2H3,(H,23,27). The number of aryl methyl sites for hydroxylation is 1. The summed E-state index contributed by atoms with van der Waals surface area (Å²) in [7, 11) is 0. The van der Waals surface area contributed by atoms with Crippen LogP contribution in [0.4, 0.5) is 4.79 Å². The molecule has 1 aromatic carbocycles. The molecular weight excluding hydrogens is 340 g/mol. The Balaban J connectivity index is 1.70. The average Bonchev–Trinajstić information content (AvgIpc) is 3.12. The molecule has 1 unspecified atom stereocenters. The lowest BCUT2D eigenvalue weighted by Crippen LogP contribution is -2.40. The summed E-state index contributed by atoms with van der Waals surface area (Å²) < 4.78 is 1.82. The maximum absolute atomic E-state index is 13.1. The summed E-state index contributed by atoms with van der Waals surface area (Å²) in [6, 6.07) is 14.8. The van der Waals surface area contributed by atoms with E-state index in [2.05, 4.69) is 11.4 Å². The number of imide groups is 1. The predicted molar refractivity (Wildman–Crippen MR) is 99.7 cm³/mol. The highest BCUT2D eigenvalue weighted by atomic mass is 16.2. The van der Waals surface area contributed by atoms with E-state index in [1.165, 1.54) is 4.90 Å². The van der Waals surface area contributed by atoms with Crippen molar-refractivity contribution in [3.8, 4) is 6.07 Å². The molecule has 1 saturated heterocycles. The van der Waals surface area contributed by atoms with Crippen LogP contribution in [0.3, 0.4) is 0 Å². The molecule has 0 aliphatic carbocycles. The number of hydrogen-bond donors (Lipinski definition) is 1. The molecule has 6 heteroatoms. The van der Waals surface area contributed by atoms with E-state index in [9.17, 15) is 14.9 Å². The highest BCUT2D eigenvalue weighted by molar-refractivity contribution is 6.07. The second-order valence-corrected chi connectivity index (χ2v) is 6.95. The van der Waals surface area contributed by atoms with Crippen LogP contribution < -0.4 is 5.32 Å². The first-order chi connectivity index (χ1) is 12.9. The molecule has 6 nitrogen and oxygen atoms in total. The van der Waals surface area contributed by atoms with Crippen molar-refractivity contribution in [2.45, 2.75) is 25.9 Å². The monoisotopic (exact) mass is 358 g/mol. The Morgan fingerprint density at radius 1 is 1.15 bits per heavy atom. The van der Waals surface area contributed by atoms with E-state index in [1.54, 1.807) is 13.1 Å². The lowest BCUT2D eigenvalue weighted by Gasteiger charge is -2.22. The van der Waals surface area contributed by atoms with Crippen molar-refractivity contribution in [1.29, 1.82) is 5.26 Å². The molecule has 27 heavy (non-hydrogen) atoms. The second kappa shape index (κ2) is 5.99. The molecule has 3 amide bonds. The summed E-state index contributed by atoms with van der Waals surface area (Å²) in [6.07, 6.45) is 3.62. The molecule has 0 bridgehead atoms. The second-order valence-electron chi connectivity index (χ2n) is 6.95. The summed E-state index contributed by atoms with van der Waals surface area (Å²) in [5, 5.41) is 12.4. The number of carbonyl (C=O) groups excluding carboxylic acids is 2. The molecule has 0 spiro atoms. The molecule has 1 N–H and O–H groups in total. The van der Waals surface area contributed by atoms with Gasteiger partial charge in [-0.3, -0.25) is 9.69 Å². The van der Waals surface area contributed by atoms with Crippen LogP contribution >= 0.6 is 0 Å². The number of pyridine rings is 1. The SMILES string of the molecule is Cc1ccc(C2(C)NC(=O)N(Cc3cn4ccccc4c3C#N)C2=O)cc1. The Bertz CT molecular complexity index is 1110. The van der Waals surface area contributed by atoms with Crippen LogP contribution in [0.25, 0.3) is 5.52 Å². The summed E-state index contributed by atoms with van der Waals surface area (Å²) in [5.74, 6) is -0.324. The molecule has 1 aliphatic rings. The minimum atomic E-state index is -1.11. The first-order valence-corrected chi connectivity index (χ1v) is 8.64. The third kappa shape index (κ3) is 2.56. The topological polar surface area (TPSA) is 77.6 Å². The van der Waals surface area contributed by atoms with Crippen LogP contribution in [-0.2, 0) is 16.9 Å². The number of hydrogen-bond acceptors (Lipinski definition) is 3. The van der Waals surface area contributed by atoms with Crippen LogP contribution in [0.2, 0.25) is 0 Å². The van der Waals surface area contributed by atoms with Crippen molar-refractivity contribution in [3.63, 3.8) is 0 Å². The van der Waals surface area contributed by atoms with Crippen molar-refractivity contribution in [2.75, 3.05) is 0 Å². The van der Waals surface area contributed by atoms with Crippen molar-refractivity contribution in [3.05, 3.63) is 77.1 Å². The third-order valence-corrected chi connectivity index (χ3v) is 5.11. The fourth-order valence-corrected chi connectivity index (χ4v) is 3.52. The maximum Gasteiger partial charge on any atom is 0.325 e. The molecule has 1 fully saturated rings. The Hall–Kier alpha value is -3.59. The smallest absolute Gasteiger partial charge is 0.322 e. The third-order valence-electron chi connectivity index (χ3n) is 5.11. The largest absolute Gasteiger partial charge is 0.325 e. The molecular formula is C21H18N4O2. The van der Waals surface area contributed by atoms with Gasteiger partial charge >= 0.3 is 6.03 Å². The lowest BCUT2D eigenvalue weighted by atomic mass is 9.91. The van der Waals surface area contributed by atoms with Gasteiger partial charge in [-0.05, 0) is 31.5 Å². The van der Waals surface area contributed by atoms with Gasteiger partial charge in [0.05, 0.1) is 17.6 Å². The summed E-state index contributed by atoms with van der Waals surface area (Å²) in [4.78, 5) is 26.8. The van der Waals surface area contributed by atoms with Gasteiger partial charge in [0.25, 0.3) is 5.91 Å². The van der Waals surface area contributed by atoms with E-state index in [-0.39, 0.29) is 12.5 Å². The van der Waals surface area contributed by atoms with E-state index >= 15 is 0 Å². The maximum atomic E-state index is 13.1. The van der Waals surface area contributed by atoms with Crippen LogP contribution in [-0.4, -0.2) is 21.2 Å². The zero-order valence-electron chi connectivity index (χ0n) is 15.1. The molecule has 0 radical (unpaired) electrons. The lowest BCUT2D eigenvalue weighted by molar-refractivity contribution is -0.131. The van der Waals surface area contributed by atoms with Crippen molar-refractivity contribution < 1.29 is 9.59 Å². The van der Waals surface area contributed by atoms with Gasteiger partial charge in [0.1, 0.15) is 11.6 Å². The quantitative estimate of drug-likeness (QED) is 0.731. The molecule has 1 aliphatic heterocycles. The number of carbonyl (C=O) groups is 2. The number of rotatable bonds is 3. The highest BCUT2D eigenvalue weighted by Gasteiger charge is 2.49. The Morgan fingerprint density at radius 3 is 2.59 bits per heavy atom. The van der Waals surface area contributed by atoms with Crippen LogP contribution in [0.1, 0.15) is 29.2 Å². The van der Waals surface area contributed by atoms with Gasteiger partial charge in [-0.2, -0.15) is 5.26 Å². The summed E-state index contributed by atoms with van der Waals surface area (Å²) in [6.45, 7) is 3.73. The highest BCUT2D eigenvalue weighted by Crippen LogP contribution is 2.31. The number of benzene rings is 1. The van der Waals surface area contributed by atoms with Crippen molar-refractivity contribution >= 4 is 17.5 Å². The zero-order valence-corrected chi connectivity index (χ0v) is 15.1. The fourth-order valence-electron chi connectivity index (χ4n) is 3.52. The predicted octanol–water partition coefficient (Wildman–Crippen LogP) is 3.09. The van der Waals surface area contributed by atoms with Crippen molar-refractivity contribution in [1.82, 2.24) is 14.6 Å². The van der Waals surface area contributed by atoms with Gasteiger partial charge in [-0.1, -0.05) is 35.9 Å². The molecule has 4 rings (SSSR count). The molecule has 3 aromatic rings. The van der Waals surface area contributed by atoms with Gasteiger partial charge < -0.3 is 9.72 Å². The minimum Gasteiger partial charge on any atom is -0.322 e. The summed E-state index contributed by atoms with van der Waals surface area (Å²) >= 11 is 0. The minimum absolute atomic E-state index is 0.0523. The van der Waals surface area contributed by atoms with E-state index in [0.717, 1.165) is 16.6 Å². The molecule has 134 valence electrons. The van der Waals surface area contributed by atoms with Gasteiger partial charge in [0.2, 0.25) is 0 Å². The first kappa shape index (κ1) is 16.9. The zero-order chi connectivity index (χ0) is 19.2. The molecule has 3 heterocycles. The van der Waals surface area contributed by atoms with Gasteiger partial charge in [-0.15, -0.1) is 0 Å². The number of nitrogens with one attached hydrogen (secondary N) is 1. The summed E-state index contributed by atoms with van der Waals surface area (Å²) in [5.41, 5.74) is 2.56. The normalized spacial score (nSPS) is 19.4. The molecule has 1 atom stereocenters. The van der Waals surface area contributed by atoms with Gasteiger partial charge in [0.15, 0.2) is 0 Å². The molecule has 2 aromatic heterocycles. The average molecular weight is 358 g/mol. The molecule has 0 saturated carbocycles. The fraction of sp³-hybridized carbons (Fsp3) is 0.190. The van der Waals surface area contributed by atoms with E-state index in [1.807, 2.05) is 60.0 Å². The van der Waals surface area contributed by atoms with Crippen LogP contribution in [0.5, 0.6) is 0 Å².